The van der Waals surface area contributed by atoms with E-state index in [-0.39, 0.29) is 29.0 Å². The molecule has 4 atom stereocenters. The maximum atomic E-state index is 13.4. The van der Waals surface area contributed by atoms with Gasteiger partial charge in [-0.1, -0.05) is 6.92 Å². The second-order valence-electron chi connectivity index (χ2n) is 5.37. The third-order valence-electron chi connectivity index (χ3n) is 3.89. The SMILES string of the molecule is CC(=O)O[C@H]1C(n2cnc3c(N)nc(F)nc32)O[C@H](C)[C@H]1C. The van der Waals surface area contributed by atoms with Gasteiger partial charge in [-0.25, -0.2) is 4.98 Å². The number of nitrogen functional groups attached to an aromatic ring is 1. The van der Waals surface area contributed by atoms with E-state index in [1.54, 1.807) is 0 Å². The third-order valence-corrected chi connectivity index (χ3v) is 3.89. The van der Waals surface area contributed by atoms with E-state index >= 15 is 0 Å². The normalized spacial score (nSPS) is 28.2. The molecule has 9 heteroatoms. The lowest BCUT2D eigenvalue weighted by atomic mass is 10.0. The summed E-state index contributed by atoms with van der Waals surface area (Å²) in [5.74, 6) is -0.496. The summed E-state index contributed by atoms with van der Waals surface area (Å²) < 4.78 is 26.2. The fourth-order valence-corrected chi connectivity index (χ4v) is 2.63. The largest absolute Gasteiger partial charge is 0.457 e. The number of carbonyl (C=O) groups is 1. The van der Waals surface area contributed by atoms with E-state index in [1.807, 2.05) is 13.8 Å². The fraction of sp³-hybridized carbons (Fsp3) is 0.538. The van der Waals surface area contributed by atoms with Crippen molar-refractivity contribution in [2.45, 2.75) is 39.2 Å². The number of anilines is 1. The van der Waals surface area contributed by atoms with Crippen molar-refractivity contribution in [2.24, 2.45) is 5.92 Å². The monoisotopic (exact) mass is 309 g/mol. The van der Waals surface area contributed by atoms with Gasteiger partial charge in [0.05, 0.1) is 12.4 Å². The van der Waals surface area contributed by atoms with Gasteiger partial charge in [-0.05, 0) is 6.92 Å². The minimum Gasteiger partial charge on any atom is -0.457 e. The van der Waals surface area contributed by atoms with E-state index in [4.69, 9.17) is 15.2 Å². The highest BCUT2D eigenvalue weighted by Crippen LogP contribution is 2.37. The van der Waals surface area contributed by atoms with Gasteiger partial charge >= 0.3 is 12.0 Å². The number of aromatic nitrogens is 4. The van der Waals surface area contributed by atoms with Crippen LogP contribution in [0.25, 0.3) is 11.2 Å². The van der Waals surface area contributed by atoms with Crippen LogP contribution in [0.3, 0.4) is 0 Å². The molecule has 1 unspecified atom stereocenters. The van der Waals surface area contributed by atoms with Crippen molar-refractivity contribution in [1.82, 2.24) is 19.5 Å². The first-order chi connectivity index (χ1) is 10.4. The number of esters is 1. The van der Waals surface area contributed by atoms with E-state index in [0.29, 0.717) is 0 Å². The number of imidazole rings is 1. The summed E-state index contributed by atoms with van der Waals surface area (Å²) in [6.45, 7) is 5.13. The minimum atomic E-state index is -0.949. The van der Waals surface area contributed by atoms with Crippen LogP contribution in [0.15, 0.2) is 6.33 Å². The summed E-state index contributed by atoms with van der Waals surface area (Å²) in [5, 5.41) is 0. The van der Waals surface area contributed by atoms with Crippen LogP contribution in [-0.2, 0) is 14.3 Å². The number of halogens is 1. The number of fused-ring (bicyclic) bond motifs is 1. The van der Waals surface area contributed by atoms with Crippen LogP contribution in [0.5, 0.6) is 0 Å². The number of nitrogens with zero attached hydrogens (tertiary/aromatic N) is 4. The van der Waals surface area contributed by atoms with Crippen LogP contribution < -0.4 is 5.73 Å². The lowest BCUT2D eigenvalue weighted by molar-refractivity contribution is -0.153. The van der Waals surface area contributed by atoms with Gasteiger partial charge in [-0.3, -0.25) is 9.36 Å². The molecule has 0 amide bonds. The quantitative estimate of drug-likeness (QED) is 0.652. The molecule has 118 valence electrons. The van der Waals surface area contributed by atoms with Gasteiger partial charge in [0.15, 0.2) is 29.3 Å². The number of rotatable bonds is 2. The molecule has 0 aromatic carbocycles. The van der Waals surface area contributed by atoms with Crippen LogP contribution in [-0.4, -0.2) is 37.7 Å². The first kappa shape index (κ1) is 14.6. The summed E-state index contributed by atoms with van der Waals surface area (Å²) in [4.78, 5) is 22.6. The molecule has 1 aliphatic heterocycles. The molecule has 8 nitrogen and oxygen atoms in total. The summed E-state index contributed by atoms with van der Waals surface area (Å²) >= 11 is 0. The highest BCUT2D eigenvalue weighted by Gasteiger charge is 2.43. The molecule has 2 aromatic heterocycles. The molecule has 22 heavy (non-hydrogen) atoms. The molecular weight excluding hydrogens is 293 g/mol. The molecule has 1 fully saturated rings. The zero-order valence-corrected chi connectivity index (χ0v) is 12.4. The van der Waals surface area contributed by atoms with Crippen molar-refractivity contribution in [3.05, 3.63) is 12.4 Å². The van der Waals surface area contributed by atoms with E-state index in [0.717, 1.165) is 0 Å². The van der Waals surface area contributed by atoms with Crippen molar-refractivity contribution in [3.63, 3.8) is 0 Å². The molecule has 0 radical (unpaired) electrons. The van der Waals surface area contributed by atoms with Gasteiger partial charge in [0.1, 0.15) is 0 Å². The lowest BCUT2D eigenvalue weighted by Crippen LogP contribution is -2.29. The Hall–Kier alpha value is -2.29. The Balaban J connectivity index is 2.07. The Bertz CT molecular complexity index is 734. The van der Waals surface area contributed by atoms with E-state index < -0.39 is 24.4 Å². The van der Waals surface area contributed by atoms with E-state index in [1.165, 1.54) is 17.8 Å². The summed E-state index contributed by atoms with van der Waals surface area (Å²) in [6, 6.07) is 0. The van der Waals surface area contributed by atoms with E-state index in [9.17, 15) is 9.18 Å². The molecule has 1 aliphatic rings. The number of hydrogen-bond donors (Lipinski definition) is 1. The third kappa shape index (κ3) is 2.27. The van der Waals surface area contributed by atoms with Crippen LogP contribution in [0.4, 0.5) is 10.2 Å². The first-order valence-electron chi connectivity index (χ1n) is 6.86. The standard InChI is InChI=1S/C13H16FN5O3/c1-5-6(2)21-12(9(5)22-7(3)20)19-4-16-8-10(15)17-13(14)18-11(8)19/h4-6,9,12H,1-3H3,(H2,15,17,18)/t5-,6-,9-,12?/m1/s1. The van der Waals surface area contributed by atoms with E-state index in [2.05, 4.69) is 15.0 Å². The molecule has 2 N–H and O–H groups in total. The Morgan fingerprint density at radius 1 is 1.45 bits per heavy atom. The number of nitrogens with two attached hydrogens (primary N) is 1. The highest BCUT2D eigenvalue weighted by molar-refractivity contribution is 5.81. The van der Waals surface area contributed by atoms with Gasteiger partial charge in [-0.2, -0.15) is 14.4 Å². The first-order valence-corrected chi connectivity index (χ1v) is 6.86. The van der Waals surface area contributed by atoms with Crippen LogP contribution in [0, 0.1) is 12.0 Å². The van der Waals surface area contributed by atoms with Gasteiger partial charge in [0.2, 0.25) is 0 Å². The smallest absolute Gasteiger partial charge is 0.312 e. The van der Waals surface area contributed by atoms with Crippen LogP contribution in [0.2, 0.25) is 0 Å². The van der Waals surface area contributed by atoms with Crippen molar-refractivity contribution >= 4 is 23.0 Å². The van der Waals surface area contributed by atoms with Gasteiger partial charge in [0, 0.05) is 12.8 Å². The Labute approximate surface area is 125 Å². The Morgan fingerprint density at radius 3 is 2.86 bits per heavy atom. The molecular formula is C13H16FN5O3. The van der Waals surface area contributed by atoms with Gasteiger partial charge < -0.3 is 15.2 Å². The van der Waals surface area contributed by atoms with Crippen molar-refractivity contribution < 1.29 is 18.7 Å². The number of hydrogen-bond acceptors (Lipinski definition) is 7. The summed E-state index contributed by atoms with van der Waals surface area (Å²) in [7, 11) is 0. The van der Waals surface area contributed by atoms with Crippen LogP contribution in [0.1, 0.15) is 27.0 Å². The number of carbonyl (C=O) groups excluding carboxylic acids is 1. The predicted molar refractivity (Wildman–Crippen MR) is 74.0 cm³/mol. The van der Waals surface area contributed by atoms with Gasteiger partial charge in [0.25, 0.3) is 0 Å². The summed E-state index contributed by atoms with van der Waals surface area (Å²) in [6.07, 6.45) is -0.830. The molecule has 2 aromatic rings. The lowest BCUT2D eigenvalue weighted by Gasteiger charge is -2.21. The number of ether oxygens (including phenoxy) is 2. The van der Waals surface area contributed by atoms with Crippen molar-refractivity contribution in [2.75, 3.05) is 5.73 Å². The molecule has 0 bridgehead atoms. The predicted octanol–water partition coefficient (Wildman–Crippen LogP) is 1.03. The minimum absolute atomic E-state index is 0.0321. The fourth-order valence-electron chi connectivity index (χ4n) is 2.63. The Morgan fingerprint density at radius 2 is 2.18 bits per heavy atom. The topological polar surface area (TPSA) is 105 Å². The molecule has 0 saturated carbocycles. The zero-order chi connectivity index (χ0) is 16.0. The second kappa shape index (κ2) is 5.16. The highest BCUT2D eigenvalue weighted by atomic mass is 19.1. The van der Waals surface area contributed by atoms with Crippen molar-refractivity contribution in [1.29, 1.82) is 0 Å². The zero-order valence-electron chi connectivity index (χ0n) is 12.4. The average molecular weight is 309 g/mol. The molecule has 0 aliphatic carbocycles. The Kier molecular flexibility index (Phi) is 3.44. The molecule has 3 heterocycles. The van der Waals surface area contributed by atoms with Crippen molar-refractivity contribution in [3.8, 4) is 0 Å². The summed E-state index contributed by atoms with van der Waals surface area (Å²) in [5.41, 5.74) is 6.12. The molecule has 3 rings (SSSR count). The molecule has 0 spiro atoms. The van der Waals surface area contributed by atoms with Crippen LogP contribution >= 0.6 is 0 Å². The maximum absolute atomic E-state index is 13.4. The molecule has 1 saturated heterocycles. The van der Waals surface area contributed by atoms with Gasteiger partial charge in [-0.15, -0.1) is 0 Å². The second-order valence-corrected chi connectivity index (χ2v) is 5.37. The maximum Gasteiger partial charge on any atom is 0.312 e. The average Bonchev–Trinajstić information content (AvgIpc) is 2.95.